The number of hydrogen-bond acceptors (Lipinski definition) is 3. The van der Waals surface area contributed by atoms with Crippen LogP contribution >= 0.6 is 11.6 Å². The van der Waals surface area contributed by atoms with Gasteiger partial charge in [0.15, 0.2) is 0 Å². The zero-order chi connectivity index (χ0) is 19.2. The van der Waals surface area contributed by atoms with E-state index >= 15 is 0 Å². The molecule has 1 heterocycles. The average Bonchev–Trinajstić information content (AvgIpc) is 2.68. The van der Waals surface area contributed by atoms with Gasteiger partial charge in [-0.05, 0) is 48.7 Å². The quantitative estimate of drug-likeness (QED) is 0.857. The van der Waals surface area contributed by atoms with Crippen molar-refractivity contribution in [1.82, 2.24) is 10.2 Å². The summed E-state index contributed by atoms with van der Waals surface area (Å²) < 4.78 is 5.12. The predicted octanol–water partition coefficient (Wildman–Crippen LogP) is 3.31. The first-order valence-corrected chi connectivity index (χ1v) is 9.40. The molecular formula is C21H23ClN2O3. The van der Waals surface area contributed by atoms with E-state index in [9.17, 15) is 9.59 Å². The van der Waals surface area contributed by atoms with E-state index in [1.54, 1.807) is 31.4 Å². The summed E-state index contributed by atoms with van der Waals surface area (Å²) in [6, 6.07) is 14.6. The summed E-state index contributed by atoms with van der Waals surface area (Å²) in [5.74, 6) is 0.760. The maximum Gasteiger partial charge on any atom is 0.253 e. The van der Waals surface area contributed by atoms with Gasteiger partial charge in [0, 0.05) is 29.7 Å². The van der Waals surface area contributed by atoms with Crippen molar-refractivity contribution < 1.29 is 14.3 Å². The number of halogens is 1. The number of ether oxygens (including phenoxy) is 1. The van der Waals surface area contributed by atoms with Crippen LogP contribution in [0.5, 0.6) is 5.75 Å². The fraction of sp³-hybridized carbons (Fsp3) is 0.333. The van der Waals surface area contributed by atoms with Gasteiger partial charge in [0.05, 0.1) is 13.5 Å². The third-order valence-corrected chi connectivity index (χ3v) is 4.98. The fourth-order valence-electron chi connectivity index (χ4n) is 3.24. The van der Waals surface area contributed by atoms with E-state index < -0.39 is 0 Å². The van der Waals surface area contributed by atoms with Crippen LogP contribution in [0.25, 0.3) is 0 Å². The summed E-state index contributed by atoms with van der Waals surface area (Å²) in [6.45, 7) is 1.25. The molecule has 0 unspecified atom stereocenters. The Bertz CT molecular complexity index is 799. The van der Waals surface area contributed by atoms with Gasteiger partial charge < -0.3 is 15.0 Å². The number of benzene rings is 2. The highest BCUT2D eigenvalue weighted by Crippen LogP contribution is 2.17. The molecule has 6 heteroatoms. The van der Waals surface area contributed by atoms with E-state index in [1.807, 2.05) is 29.2 Å². The second kappa shape index (κ2) is 8.91. The lowest BCUT2D eigenvalue weighted by atomic mass is 10.0. The first kappa shape index (κ1) is 19.2. The summed E-state index contributed by atoms with van der Waals surface area (Å²) in [5.41, 5.74) is 1.55. The lowest BCUT2D eigenvalue weighted by molar-refractivity contribution is -0.121. The summed E-state index contributed by atoms with van der Waals surface area (Å²) >= 11 is 5.97. The Morgan fingerprint density at radius 1 is 1.15 bits per heavy atom. The monoisotopic (exact) mass is 386 g/mol. The largest absolute Gasteiger partial charge is 0.497 e. The molecule has 0 atom stereocenters. The van der Waals surface area contributed by atoms with Gasteiger partial charge in [0.25, 0.3) is 5.91 Å². The minimum Gasteiger partial charge on any atom is -0.497 e. The van der Waals surface area contributed by atoms with Crippen molar-refractivity contribution in [2.45, 2.75) is 25.3 Å². The van der Waals surface area contributed by atoms with Crippen LogP contribution in [0.4, 0.5) is 0 Å². The highest BCUT2D eigenvalue weighted by Gasteiger charge is 2.24. The van der Waals surface area contributed by atoms with Gasteiger partial charge in [-0.1, -0.05) is 29.8 Å². The Hall–Kier alpha value is -2.53. The summed E-state index contributed by atoms with van der Waals surface area (Å²) in [5, 5.41) is 3.63. The highest BCUT2D eigenvalue weighted by molar-refractivity contribution is 6.30. The predicted molar refractivity (Wildman–Crippen MR) is 105 cm³/mol. The number of methoxy groups -OCH3 is 1. The van der Waals surface area contributed by atoms with Gasteiger partial charge in [0.2, 0.25) is 5.91 Å². The summed E-state index contributed by atoms with van der Waals surface area (Å²) in [6.07, 6.45) is 1.84. The first-order valence-electron chi connectivity index (χ1n) is 9.02. The van der Waals surface area contributed by atoms with E-state index in [0.717, 1.165) is 24.2 Å². The summed E-state index contributed by atoms with van der Waals surface area (Å²) in [7, 11) is 1.62. The Morgan fingerprint density at radius 2 is 1.85 bits per heavy atom. The van der Waals surface area contributed by atoms with Crippen molar-refractivity contribution in [3.8, 4) is 5.75 Å². The second-order valence-corrected chi connectivity index (χ2v) is 7.11. The van der Waals surface area contributed by atoms with Crippen molar-refractivity contribution >= 4 is 23.4 Å². The van der Waals surface area contributed by atoms with Crippen LogP contribution in [0.15, 0.2) is 48.5 Å². The Morgan fingerprint density at radius 3 is 2.48 bits per heavy atom. The molecule has 3 rings (SSSR count). The van der Waals surface area contributed by atoms with E-state index in [-0.39, 0.29) is 17.9 Å². The van der Waals surface area contributed by atoms with Gasteiger partial charge in [-0.25, -0.2) is 0 Å². The van der Waals surface area contributed by atoms with Crippen LogP contribution in [0, 0.1) is 0 Å². The first-order chi connectivity index (χ1) is 13.0. The number of rotatable bonds is 5. The molecule has 1 saturated heterocycles. The Labute approximate surface area is 164 Å². The zero-order valence-corrected chi connectivity index (χ0v) is 16.0. The normalized spacial score (nSPS) is 14.7. The van der Waals surface area contributed by atoms with Crippen LogP contribution in [0.1, 0.15) is 28.8 Å². The van der Waals surface area contributed by atoms with Gasteiger partial charge in [-0.3, -0.25) is 9.59 Å². The highest BCUT2D eigenvalue weighted by atomic mass is 35.5. The molecule has 1 fully saturated rings. The molecule has 0 aliphatic carbocycles. The van der Waals surface area contributed by atoms with Crippen molar-refractivity contribution in [2.75, 3.05) is 20.2 Å². The fourth-order valence-corrected chi connectivity index (χ4v) is 3.43. The number of carbonyl (C=O) groups is 2. The van der Waals surface area contributed by atoms with Gasteiger partial charge in [-0.15, -0.1) is 0 Å². The standard InChI is InChI=1S/C21H23ClN2O3/c1-27-19-7-5-15(6-8-19)13-20(25)23-18-9-11-24(12-10-18)21(26)16-3-2-4-17(22)14-16/h2-8,14,18H,9-13H2,1H3,(H,23,25). The molecule has 27 heavy (non-hydrogen) atoms. The van der Waals surface area contributed by atoms with E-state index in [1.165, 1.54) is 0 Å². The number of amides is 2. The molecule has 0 bridgehead atoms. The lowest BCUT2D eigenvalue weighted by Crippen LogP contribution is -2.46. The van der Waals surface area contributed by atoms with Crippen molar-refractivity contribution in [2.24, 2.45) is 0 Å². The molecule has 0 saturated carbocycles. The molecule has 2 aromatic rings. The topological polar surface area (TPSA) is 58.6 Å². The smallest absolute Gasteiger partial charge is 0.253 e. The number of piperidine rings is 1. The van der Waals surface area contributed by atoms with Crippen LogP contribution in [-0.2, 0) is 11.2 Å². The molecule has 1 aliphatic heterocycles. The number of nitrogens with one attached hydrogen (secondary N) is 1. The lowest BCUT2D eigenvalue weighted by Gasteiger charge is -2.32. The number of nitrogens with zero attached hydrogens (tertiary/aromatic N) is 1. The number of hydrogen-bond donors (Lipinski definition) is 1. The molecule has 1 N–H and O–H groups in total. The molecule has 0 aromatic heterocycles. The van der Waals surface area contributed by atoms with E-state index in [0.29, 0.717) is 30.1 Å². The Balaban J connectivity index is 1.47. The minimum atomic E-state index is -0.0134. The number of likely N-dealkylation sites (tertiary alicyclic amines) is 1. The minimum absolute atomic E-state index is 0.000199. The van der Waals surface area contributed by atoms with Crippen LogP contribution in [0.2, 0.25) is 5.02 Å². The molecule has 2 aromatic carbocycles. The Kier molecular flexibility index (Phi) is 6.35. The molecule has 0 spiro atoms. The average molecular weight is 387 g/mol. The third kappa shape index (κ3) is 5.23. The molecule has 0 radical (unpaired) electrons. The van der Waals surface area contributed by atoms with Gasteiger partial charge >= 0.3 is 0 Å². The summed E-state index contributed by atoms with van der Waals surface area (Å²) in [4.78, 5) is 26.6. The zero-order valence-electron chi connectivity index (χ0n) is 15.3. The van der Waals surface area contributed by atoms with Crippen molar-refractivity contribution in [3.63, 3.8) is 0 Å². The second-order valence-electron chi connectivity index (χ2n) is 6.67. The van der Waals surface area contributed by atoms with Crippen LogP contribution in [-0.4, -0.2) is 43.0 Å². The number of carbonyl (C=O) groups excluding carboxylic acids is 2. The molecule has 142 valence electrons. The van der Waals surface area contributed by atoms with Gasteiger partial charge in [-0.2, -0.15) is 0 Å². The van der Waals surface area contributed by atoms with Gasteiger partial charge in [0.1, 0.15) is 5.75 Å². The van der Waals surface area contributed by atoms with E-state index in [4.69, 9.17) is 16.3 Å². The van der Waals surface area contributed by atoms with Crippen molar-refractivity contribution in [3.05, 3.63) is 64.7 Å². The molecular weight excluding hydrogens is 364 g/mol. The molecule has 1 aliphatic rings. The third-order valence-electron chi connectivity index (χ3n) is 4.74. The SMILES string of the molecule is COc1ccc(CC(=O)NC2CCN(C(=O)c3cccc(Cl)c3)CC2)cc1. The molecule has 2 amide bonds. The maximum absolute atomic E-state index is 12.5. The van der Waals surface area contributed by atoms with Crippen molar-refractivity contribution in [1.29, 1.82) is 0 Å². The van der Waals surface area contributed by atoms with Crippen LogP contribution < -0.4 is 10.1 Å². The van der Waals surface area contributed by atoms with E-state index in [2.05, 4.69) is 5.32 Å². The maximum atomic E-state index is 12.5. The molecule has 5 nitrogen and oxygen atoms in total. The van der Waals surface area contributed by atoms with Crippen LogP contribution in [0.3, 0.4) is 0 Å².